The molecular weight excluding hydrogens is 208 g/mol. The fourth-order valence-electron chi connectivity index (χ4n) is 1.30. The molecule has 0 unspecified atom stereocenters. The third-order valence-electron chi connectivity index (χ3n) is 1.96. The molecule has 13 heavy (non-hydrogen) atoms. The number of carbonyl (C=O) groups excluding carboxylic acids is 1. The number of Topliss-reactive ketones (excluding diaryl/α,β-unsaturated/α-hetero) is 1. The highest BCUT2D eigenvalue weighted by molar-refractivity contribution is 7.99. The summed E-state index contributed by atoms with van der Waals surface area (Å²) in [6.45, 7) is 1.57. The Balaban J connectivity index is 2.00. The molecule has 0 N–H and O–H groups in total. The zero-order chi connectivity index (χ0) is 9.90. The molecule has 1 fully saturated rings. The van der Waals surface area contributed by atoms with E-state index >= 15 is 0 Å². The Bertz CT molecular complexity index is 270. The van der Waals surface area contributed by atoms with Crippen molar-refractivity contribution in [3.63, 3.8) is 0 Å². The van der Waals surface area contributed by atoms with Crippen molar-refractivity contribution in [1.29, 1.82) is 0 Å². The standard InChI is InChI=1S/C8H14O3S2/c1-7(9)4-12-3-2-8-5-13(10,11)6-8/h8H,2-6H2,1H3. The van der Waals surface area contributed by atoms with Crippen LogP contribution in [0.25, 0.3) is 0 Å². The van der Waals surface area contributed by atoms with E-state index in [1.807, 2.05) is 0 Å². The van der Waals surface area contributed by atoms with Gasteiger partial charge in [0.1, 0.15) is 5.78 Å². The summed E-state index contributed by atoms with van der Waals surface area (Å²) in [5.41, 5.74) is 0. The van der Waals surface area contributed by atoms with Gasteiger partial charge in [-0.15, -0.1) is 0 Å². The fraction of sp³-hybridized carbons (Fsp3) is 0.875. The van der Waals surface area contributed by atoms with E-state index in [2.05, 4.69) is 0 Å². The summed E-state index contributed by atoms with van der Waals surface area (Å²) in [6.07, 6.45) is 0.928. The van der Waals surface area contributed by atoms with Crippen LogP contribution in [0.4, 0.5) is 0 Å². The number of ketones is 1. The highest BCUT2D eigenvalue weighted by atomic mass is 32.2. The van der Waals surface area contributed by atoms with Crippen LogP contribution in [0.15, 0.2) is 0 Å². The van der Waals surface area contributed by atoms with Crippen molar-refractivity contribution >= 4 is 27.4 Å². The molecule has 0 radical (unpaired) electrons. The van der Waals surface area contributed by atoms with E-state index in [0.717, 1.165) is 12.2 Å². The van der Waals surface area contributed by atoms with Gasteiger partial charge in [-0.25, -0.2) is 8.42 Å². The highest BCUT2D eigenvalue weighted by Gasteiger charge is 2.32. The Morgan fingerprint density at radius 2 is 2.08 bits per heavy atom. The van der Waals surface area contributed by atoms with Crippen LogP contribution in [0, 0.1) is 5.92 Å². The van der Waals surface area contributed by atoms with Gasteiger partial charge in [-0.05, 0) is 25.0 Å². The van der Waals surface area contributed by atoms with Gasteiger partial charge in [-0.2, -0.15) is 11.8 Å². The zero-order valence-corrected chi connectivity index (χ0v) is 9.29. The molecule has 0 aromatic carbocycles. The van der Waals surface area contributed by atoms with Crippen LogP contribution in [-0.2, 0) is 14.6 Å². The number of hydrogen-bond acceptors (Lipinski definition) is 4. The maximum Gasteiger partial charge on any atom is 0.150 e. The van der Waals surface area contributed by atoms with E-state index in [0.29, 0.717) is 23.2 Å². The lowest BCUT2D eigenvalue weighted by Gasteiger charge is -2.25. The van der Waals surface area contributed by atoms with E-state index in [4.69, 9.17) is 0 Å². The Morgan fingerprint density at radius 1 is 1.46 bits per heavy atom. The predicted octanol–water partition coefficient (Wildman–Crippen LogP) is 0.743. The SMILES string of the molecule is CC(=O)CSCCC1CS(=O)(=O)C1. The van der Waals surface area contributed by atoms with Crippen molar-refractivity contribution in [3.05, 3.63) is 0 Å². The lowest BCUT2D eigenvalue weighted by Crippen LogP contribution is -2.36. The zero-order valence-electron chi connectivity index (χ0n) is 7.65. The molecule has 1 saturated heterocycles. The second-order valence-electron chi connectivity index (χ2n) is 3.49. The molecule has 0 atom stereocenters. The Morgan fingerprint density at radius 3 is 2.54 bits per heavy atom. The maximum atomic E-state index is 10.8. The van der Waals surface area contributed by atoms with Crippen molar-refractivity contribution < 1.29 is 13.2 Å². The van der Waals surface area contributed by atoms with Crippen LogP contribution in [0.5, 0.6) is 0 Å². The fourth-order valence-corrected chi connectivity index (χ4v) is 3.91. The molecule has 3 nitrogen and oxygen atoms in total. The molecular formula is C8H14O3S2. The first-order chi connectivity index (χ1) is 5.99. The molecule has 0 aromatic heterocycles. The minimum atomic E-state index is -2.66. The third-order valence-corrected chi connectivity index (χ3v) is 5.05. The minimum Gasteiger partial charge on any atom is -0.299 e. The number of rotatable bonds is 5. The van der Waals surface area contributed by atoms with Gasteiger partial charge in [0.2, 0.25) is 0 Å². The Labute approximate surface area is 83.2 Å². The van der Waals surface area contributed by atoms with E-state index in [-0.39, 0.29) is 5.78 Å². The molecule has 1 rings (SSSR count). The molecule has 0 spiro atoms. The molecule has 1 aliphatic rings. The van der Waals surface area contributed by atoms with Crippen LogP contribution in [0.2, 0.25) is 0 Å². The van der Waals surface area contributed by atoms with E-state index in [1.165, 1.54) is 0 Å². The summed E-state index contributed by atoms with van der Waals surface area (Å²) < 4.78 is 21.6. The van der Waals surface area contributed by atoms with Crippen molar-refractivity contribution in [1.82, 2.24) is 0 Å². The summed E-state index contributed by atoms with van der Waals surface area (Å²) in [5, 5.41) is 0. The number of sulfone groups is 1. The summed E-state index contributed by atoms with van der Waals surface area (Å²) >= 11 is 1.59. The average molecular weight is 222 g/mol. The third kappa shape index (κ3) is 4.13. The van der Waals surface area contributed by atoms with Gasteiger partial charge in [0.05, 0.1) is 17.3 Å². The van der Waals surface area contributed by atoms with Crippen LogP contribution < -0.4 is 0 Å². The van der Waals surface area contributed by atoms with E-state index in [1.54, 1.807) is 18.7 Å². The second-order valence-corrected chi connectivity index (χ2v) is 6.75. The monoisotopic (exact) mass is 222 g/mol. The first kappa shape index (κ1) is 11.0. The summed E-state index contributed by atoms with van der Waals surface area (Å²) in [5.74, 6) is 2.70. The first-order valence-electron chi connectivity index (χ1n) is 4.27. The van der Waals surface area contributed by atoms with Gasteiger partial charge in [0, 0.05) is 0 Å². The number of carbonyl (C=O) groups is 1. The van der Waals surface area contributed by atoms with E-state index < -0.39 is 9.84 Å². The molecule has 5 heteroatoms. The lowest BCUT2D eigenvalue weighted by molar-refractivity contribution is -0.114. The quantitative estimate of drug-likeness (QED) is 0.644. The van der Waals surface area contributed by atoms with Crippen LogP contribution in [0.1, 0.15) is 13.3 Å². The molecule has 76 valence electrons. The van der Waals surface area contributed by atoms with Crippen molar-refractivity contribution in [2.45, 2.75) is 13.3 Å². The Kier molecular flexibility index (Phi) is 3.79. The van der Waals surface area contributed by atoms with Gasteiger partial charge in [-0.3, -0.25) is 4.79 Å². The maximum absolute atomic E-state index is 10.8. The molecule has 0 bridgehead atoms. The van der Waals surface area contributed by atoms with Crippen LogP contribution in [0.3, 0.4) is 0 Å². The summed E-state index contributed by atoms with van der Waals surface area (Å²) in [7, 11) is -2.66. The van der Waals surface area contributed by atoms with Gasteiger partial charge < -0.3 is 0 Å². The molecule has 0 saturated carbocycles. The van der Waals surface area contributed by atoms with Crippen molar-refractivity contribution in [2.24, 2.45) is 5.92 Å². The topological polar surface area (TPSA) is 51.2 Å². The largest absolute Gasteiger partial charge is 0.299 e. The highest BCUT2D eigenvalue weighted by Crippen LogP contribution is 2.23. The lowest BCUT2D eigenvalue weighted by atomic mass is 10.1. The van der Waals surface area contributed by atoms with Crippen molar-refractivity contribution in [2.75, 3.05) is 23.0 Å². The minimum absolute atomic E-state index is 0.186. The summed E-state index contributed by atoms with van der Waals surface area (Å²) in [4.78, 5) is 10.6. The van der Waals surface area contributed by atoms with Crippen LogP contribution in [-0.4, -0.2) is 37.2 Å². The number of hydrogen-bond donors (Lipinski definition) is 0. The number of thioether (sulfide) groups is 1. The molecule has 0 aromatic rings. The normalized spacial score (nSPS) is 21.0. The molecule has 1 aliphatic heterocycles. The molecule has 0 amide bonds. The average Bonchev–Trinajstić information content (AvgIpc) is 1.93. The van der Waals surface area contributed by atoms with Crippen molar-refractivity contribution in [3.8, 4) is 0 Å². The van der Waals surface area contributed by atoms with Crippen LogP contribution >= 0.6 is 11.8 Å². The van der Waals surface area contributed by atoms with Gasteiger partial charge >= 0.3 is 0 Å². The van der Waals surface area contributed by atoms with Gasteiger partial charge in [0.25, 0.3) is 0 Å². The molecule has 0 aliphatic carbocycles. The van der Waals surface area contributed by atoms with E-state index in [9.17, 15) is 13.2 Å². The Hall–Kier alpha value is -0.0300. The molecule has 1 heterocycles. The second kappa shape index (κ2) is 4.46. The van der Waals surface area contributed by atoms with Gasteiger partial charge in [0.15, 0.2) is 9.84 Å². The summed E-state index contributed by atoms with van der Waals surface area (Å²) in [6, 6.07) is 0. The predicted molar refractivity (Wildman–Crippen MR) is 54.8 cm³/mol. The smallest absolute Gasteiger partial charge is 0.150 e. The first-order valence-corrected chi connectivity index (χ1v) is 7.25. The van der Waals surface area contributed by atoms with Gasteiger partial charge in [-0.1, -0.05) is 0 Å².